The summed E-state index contributed by atoms with van der Waals surface area (Å²) >= 11 is 0. The molecule has 0 atom stereocenters. The first kappa shape index (κ1) is 16.5. The van der Waals surface area contributed by atoms with Crippen molar-refractivity contribution in [1.82, 2.24) is 0 Å². The van der Waals surface area contributed by atoms with E-state index < -0.39 is 17.2 Å². The average molecular weight is 310 g/mol. The zero-order valence-electron chi connectivity index (χ0n) is 12.9. The van der Waals surface area contributed by atoms with E-state index in [4.69, 9.17) is 20.9 Å². The van der Waals surface area contributed by atoms with Crippen molar-refractivity contribution in [2.24, 2.45) is 0 Å². The van der Waals surface area contributed by atoms with Crippen LogP contribution in [0.3, 0.4) is 0 Å². The molecule has 1 fully saturated rings. The SMILES string of the molecule is CCCCOC(=O)C1(c2ccc(N)c(N)c2F)CCOCC1. The molecule has 1 aromatic carbocycles. The summed E-state index contributed by atoms with van der Waals surface area (Å²) in [7, 11) is 0. The molecule has 6 heteroatoms. The minimum absolute atomic E-state index is 0.121. The Labute approximate surface area is 129 Å². The van der Waals surface area contributed by atoms with Gasteiger partial charge in [0.2, 0.25) is 0 Å². The number of ether oxygens (including phenoxy) is 2. The Morgan fingerprint density at radius 2 is 2.05 bits per heavy atom. The minimum Gasteiger partial charge on any atom is -0.465 e. The van der Waals surface area contributed by atoms with E-state index in [1.807, 2.05) is 6.92 Å². The highest BCUT2D eigenvalue weighted by Gasteiger charge is 2.45. The molecule has 1 heterocycles. The maximum Gasteiger partial charge on any atom is 0.316 e. The number of anilines is 2. The van der Waals surface area contributed by atoms with Gasteiger partial charge < -0.3 is 20.9 Å². The number of rotatable bonds is 5. The fourth-order valence-corrected chi connectivity index (χ4v) is 2.73. The Morgan fingerprint density at radius 3 is 2.68 bits per heavy atom. The number of nitrogen functional groups attached to an aromatic ring is 2. The summed E-state index contributed by atoms with van der Waals surface area (Å²) < 4.78 is 25.3. The number of unbranched alkanes of at least 4 members (excludes halogenated alkanes) is 1. The molecule has 0 saturated carbocycles. The third-order valence-electron chi connectivity index (χ3n) is 4.20. The van der Waals surface area contributed by atoms with Gasteiger partial charge in [-0.15, -0.1) is 0 Å². The van der Waals surface area contributed by atoms with E-state index in [1.54, 1.807) is 0 Å². The van der Waals surface area contributed by atoms with E-state index in [9.17, 15) is 9.18 Å². The van der Waals surface area contributed by atoms with E-state index in [-0.39, 0.29) is 16.9 Å². The van der Waals surface area contributed by atoms with Crippen molar-refractivity contribution in [2.75, 3.05) is 31.3 Å². The number of hydrogen-bond acceptors (Lipinski definition) is 5. The summed E-state index contributed by atoms with van der Waals surface area (Å²) in [6, 6.07) is 3.07. The topological polar surface area (TPSA) is 87.6 Å². The van der Waals surface area contributed by atoms with Crippen LogP contribution in [0.1, 0.15) is 38.2 Å². The van der Waals surface area contributed by atoms with Gasteiger partial charge in [-0.1, -0.05) is 19.4 Å². The normalized spacial score (nSPS) is 17.2. The summed E-state index contributed by atoms with van der Waals surface area (Å²) in [4.78, 5) is 12.6. The second-order valence-electron chi connectivity index (χ2n) is 5.61. The molecule has 2 rings (SSSR count). The molecule has 122 valence electrons. The Bertz CT molecular complexity index is 542. The van der Waals surface area contributed by atoms with Crippen LogP contribution in [0.2, 0.25) is 0 Å². The Morgan fingerprint density at radius 1 is 1.36 bits per heavy atom. The van der Waals surface area contributed by atoms with Gasteiger partial charge >= 0.3 is 5.97 Å². The molecule has 22 heavy (non-hydrogen) atoms. The van der Waals surface area contributed by atoms with E-state index in [1.165, 1.54) is 12.1 Å². The maximum absolute atomic E-state index is 14.6. The number of esters is 1. The first-order valence-electron chi connectivity index (χ1n) is 7.62. The molecule has 0 aliphatic carbocycles. The van der Waals surface area contributed by atoms with Crippen molar-refractivity contribution in [2.45, 2.75) is 38.0 Å². The number of nitrogens with two attached hydrogens (primary N) is 2. The number of carbonyl (C=O) groups is 1. The molecular formula is C16H23FN2O3. The van der Waals surface area contributed by atoms with Gasteiger partial charge in [0, 0.05) is 18.8 Å². The van der Waals surface area contributed by atoms with Gasteiger partial charge in [0.25, 0.3) is 0 Å². The van der Waals surface area contributed by atoms with Crippen LogP contribution in [-0.2, 0) is 19.7 Å². The molecule has 0 radical (unpaired) electrons. The summed E-state index contributed by atoms with van der Waals surface area (Å²) in [6.45, 7) is 3.11. The zero-order valence-corrected chi connectivity index (χ0v) is 12.9. The lowest BCUT2D eigenvalue weighted by Gasteiger charge is -2.35. The van der Waals surface area contributed by atoms with Gasteiger partial charge in [0.1, 0.15) is 5.41 Å². The lowest BCUT2D eigenvalue weighted by atomic mass is 9.73. The van der Waals surface area contributed by atoms with Gasteiger partial charge in [-0.05, 0) is 25.3 Å². The van der Waals surface area contributed by atoms with Crippen LogP contribution in [0.4, 0.5) is 15.8 Å². The van der Waals surface area contributed by atoms with Gasteiger partial charge in [-0.25, -0.2) is 4.39 Å². The zero-order chi connectivity index (χ0) is 16.2. The molecule has 0 unspecified atom stereocenters. The molecule has 1 aliphatic heterocycles. The van der Waals surface area contributed by atoms with Crippen molar-refractivity contribution in [3.05, 3.63) is 23.5 Å². The third kappa shape index (κ3) is 3.02. The van der Waals surface area contributed by atoms with E-state index >= 15 is 0 Å². The van der Waals surface area contributed by atoms with Crippen LogP contribution in [0.25, 0.3) is 0 Å². The van der Waals surface area contributed by atoms with E-state index in [0.717, 1.165) is 12.8 Å². The van der Waals surface area contributed by atoms with Crippen LogP contribution in [-0.4, -0.2) is 25.8 Å². The highest BCUT2D eigenvalue weighted by atomic mass is 19.1. The standard InChI is InChI=1S/C16H23FN2O3/c1-2-3-8-22-15(20)16(6-9-21-10-7-16)11-4-5-12(18)14(19)13(11)17/h4-5H,2-3,6-10,18-19H2,1H3. The Kier molecular flexibility index (Phi) is 5.24. The molecule has 0 bridgehead atoms. The van der Waals surface area contributed by atoms with Crippen LogP contribution in [0, 0.1) is 5.82 Å². The molecule has 1 saturated heterocycles. The van der Waals surface area contributed by atoms with Crippen molar-refractivity contribution in [1.29, 1.82) is 0 Å². The number of carbonyl (C=O) groups excluding carboxylic acids is 1. The highest BCUT2D eigenvalue weighted by Crippen LogP contribution is 2.40. The monoisotopic (exact) mass is 310 g/mol. The summed E-state index contributed by atoms with van der Waals surface area (Å²) in [5, 5.41) is 0. The van der Waals surface area contributed by atoms with Gasteiger partial charge in [-0.2, -0.15) is 0 Å². The number of hydrogen-bond donors (Lipinski definition) is 2. The quantitative estimate of drug-likeness (QED) is 0.495. The second-order valence-corrected chi connectivity index (χ2v) is 5.61. The summed E-state index contributed by atoms with van der Waals surface area (Å²) in [6.07, 6.45) is 2.45. The molecule has 0 spiro atoms. The van der Waals surface area contributed by atoms with Crippen molar-refractivity contribution in [3.63, 3.8) is 0 Å². The lowest BCUT2D eigenvalue weighted by molar-refractivity contribution is -0.155. The summed E-state index contributed by atoms with van der Waals surface area (Å²) in [5.74, 6) is -1.04. The highest BCUT2D eigenvalue weighted by molar-refractivity contribution is 5.84. The Hall–Kier alpha value is -1.82. The van der Waals surface area contributed by atoms with Crippen LogP contribution in [0.15, 0.2) is 12.1 Å². The lowest BCUT2D eigenvalue weighted by Crippen LogP contribution is -2.43. The molecule has 4 N–H and O–H groups in total. The van der Waals surface area contributed by atoms with E-state index in [0.29, 0.717) is 32.7 Å². The molecule has 0 amide bonds. The predicted octanol–water partition coefficient (Wildman–Crippen LogP) is 2.38. The minimum atomic E-state index is -1.04. The Balaban J connectivity index is 2.37. The smallest absolute Gasteiger partial charge is 0.316 e. The molecule has 1 aliphatic rings. The fraction of sp³-hybridized carbons (Fsp3) is 0.562. The average Bonchev–Trinajstić information content (AvgIpc) is 2.53. The number of halogens is 1. The first-order chi connectivity index (χ1) is 10.5. The van der Waals surface area contributed by atoms with Gasteiger partial charge in [0.05, 0.1) is 18.0 Å². The predicted molar refractivity (Wildman–Crippen MR) is 82.8 cm³/mol. The third-order valence-corrected chi connectivity index (χ3v) is 4.20. The van der Waals surface area contributed by atoms with Crippen molar-refractivity contribution in [3.8, 4) is 0 Å². The van der Waals surface area contributed by atoms with Gasteiger partial charge in [-0.3, -0.25) is 4.79 Å². The van der Waals surface area contributed by atoms with Crippen molar-refractivity contribution < 1.29 is 18.7 Å². The number of benzene rings is 1. The van der Waals surface area contributed by atoms with Crippen LogP contribution < -0.4 is 11.5 Å². The summed E-state index contributed by atoms with van der Waals surface area (Å²) in [5.41, 5.74) is 10.6. The molecule has 1 aromatic rings. The fourth-order valence-electron chi connectivity index (χ4n) is 2.73. The van der Waals surface area contributed by atoms with Gasteiger partial charge in [0.15, 0.2) is 5.82 Å². The maximum atomic E-state index is 14.6. The van der Waals surface area contributed by atoms with E-state index in [2.05, 4.69) is 0 Å². The second kappa shape index (κ2) is 6.96. The molecule has 0 aromatic heterocycles. The largest absolute Gasteiger partial charge is 0.465 e. The van der Waals surface area contributed by atoms with Crippen LogP contribution >= 0.6 is 0 Å². The molecule has 5 nitrogen and oxygen atoms in total. The van der Waals surface area contributed by atoms with Crippen LogP contribution in [0.5, 0.6) is 0 Å². The first-order valence-corrected chi connectivity index (χ1v) is 7.62. The van der Waals surface area contributed by atoms with Crippen molar-refractivity contribution >= 4 is 17.3 Å². The molecular weight excluding hydrogens is 287 g/mol.